The van der Waals surface area contributed by atoms with Gasteiger partial charge in [-0.05, 0) is 53.9 Å². The van der Waals surface area contributed by atoms with Crippen molar-refractivity contribution in [2.24, 2.45) is 11.7 Å². The number of anilines is 1. The van der Waals surface area contributed by atoms with Gasteiger partial charge in [-0.2, -0.15) is 13.2 Å². The molecule has 5 rings (SSSR count). The van der Waals surface area contributed by atoms with Gasteiger partial charge in [-0.3, -0.25) is 19.4 Å². The van der Waals surface area contributed by atoms with E-state index in [0.29, 0.717) is 31.7 Å². The number of halogens is 3. The summed E-state index contributed by atoms with van der Waals surface area (Å²) in [6.45, 7) is 7.96. The second-order valence-corrected chi connectivity index (χ2v) is 11.4. The number of hydrogen-bond acceptors (Lipinski definition) is 6. The molecule has 3 aliphatic rings. The molecular formula is C29H37F3N6O2. The van der Waals surface area contributed by atoms with Crippen LogP contribution in [0, 0.1) is 5.92 Å². The van der Waals surface area contributed by atoms with E-state index in [1.165, 1.54) is 12.1 Å². The summed E-state index contributed by atoms with van der Waals surface area (Å²) in [5.74, 6) is -0.549. The fraction of sp³-hybridized carbons (Fsp3) is 0.517. The Morgan fingerprint density at radius 2 is 1.82 bits per heavy atom. The summed E-state index contributed by atoms with van der Waals surface area (Å²) < 4.78 is 42.0. The molecule has 2 atom stereocenters. The Hall–Kier alpha value is -2.99. The number of fused-ring (bicyclic) bond motifs is 1. The molecule has 2 fully saturated rings. The molecule has 1 unspecified atom stereocenters. The van der Waals surface area contributed by atoms with Crippen molar-refractivity contribution >= 4 is 17.5 Å². The predicted molar refractivity (Wildman–Crippen MR) is 147 cm³/mol. The molecule has 11 heteroatoms. The van der Waals surface area contributed by atoms with Crippen LogP contribution in [0.25, 0.3) is 0 Å². The minimum Gasteiger partial charge on any atom is -0.368 e. The van der Waals surface area contributed by atoms with Gasteiger partial charge in [-0.25, -0.2) is 0 Å². The van der Waals surface area contributed by atoms with Gasteiger partial charge >= 0.3 is 6.18 Å². The maximum Gasteiger partial charge on any atom is 0.416 e. The zero-order valence-corrected chi connectivity index (χ0v) is 22.9. The van der Waals surface area contributed by atoms with Crippen LogP contribution >= 0.6 is 0 Å². The molecule has 4 N–H and O–H groups in total. The van der Waals surface area contributed by atoms with Gasteiger partial charge in [0, 0.05) is 76.1 Å². The van der Waals surface area contributed by atoms with Gasteiger partial charge in [-0.15, -0.1) is 0 Å². The first-order chi connectivity index (χ1) is 19.0. The van der Waals surface area contributed by atoms with Crippen molar-refractivity contribution in [1.82, 2.24) is 20.0 Å². The highest BCUT2D eigenvalue weighted by atomic mass is 19.4. The van der Waals surface area contributed by atoms with E-state index in [2.05, 4.69) is 27.4 Å². The number of carbonyl (C=O) groups is 2. The van der Waals surface area contributed by atoms with Gasteiger partial charge in [-0.1, -0.05) is 19.1 Å². The molecule has 0 radical (unpaired) electrons. The Kier molecular flexibility index (Phi) is 8.19. The van der Waals surface area contributed by atoms with Crippen LogP contribution in [0.4, 0.5) is 18.9 Å². The molecule has 216 valence electrons. The number of nitrogens with one attached hydrogen (secondary N) is 2. The van der Waals surface area contributed by atoms with E-state index < -0.39 is 17.6 Å². The lowest BCUT2D eigenvalue weighted by Gasteiger charge is -2.43. The SMILES string of the molecule is C[C@H]1CN(C(C(N)=O)C2CNC2)Cc2cc(C(=O)Nc3ccc(CN4CCN(C)CC4)c(C(F)(F)F)c3)ccc21. The number of nitrogens with two attached hydrogens (primary N) is 1. The molecule has 2 aromatic carbocycles. The molecule has 0 aromatic heterocycles. The zero-order chi connectivity index (χ0) is 28.6. The molecule has 3 aliphatic heterocycles. The summed E-state index contributed by atoms with van der Waals surface area (Å²) in [7, 11) is 2.00. The molecule has 0 aliphatic carbocycles. The topological polar surface area (TPSA) is 93.9 Å². The Morgan fingerprint density at radius 1 is 1.10 bits per heavy atom. The fourth-order valence-corrected chi connectivity index (χ4v) is 6.06. The average Bonchev–Trinajstić information content (AvgIpc) is 2.87. The Bertz CT molecular complexity index is 1260. The normalized spacial score (nSPS) is 21.9. The number of rotatable bonds is 7. The number of benzene rings is 2. The molecule has 40 heavy (non-hydrogen) atoms. The van der Waals surface area contributed by atoms with Gasteiger partial charge in [0.1, 0.15) is 0 Å². The van der Waals surface area contributed by atoms with Gasteiger partial charge in [0.05, 0.1) is 11.6 Å². The summed E-state index contributed by atoms with van der Waals surface area (Å²) in [6.07, 6.45) is -4.54. The predicted octanol–water partition coefficient (Wildman–Crippen LogP) is 2.70. The van der Waals surface area contributed by atoms with Crippen LogP contribution in [0.3, 0.4) is 0 Å². The first kappa shape index (κ1) is 28.5. The smallest absolute Gasteiger partial charge is 0.368 e. The van der Waals surface area contributed by atoms with Crippen molar-refractivity contribution in [2.45, 2.75) is 38.1 Å². The van der Waals surface area contributed by atoms with Gasteiger partial charge < -0.3 is 21.3 Å². The lowest BCUT2D eigenvalue weighted by Crippen LogP contribution is -2.60. The minimum absolute atomic E-state index is 0.0958. The highest BCUT2D eigenvalue weighted by Crippen LogP contribution is 2.35. The molecule has 8 nitrogen and oxygen atoms in total. The maximum absolute atomic E-state index is 14.0. The van der Waals surface area contributed by atoms with Crippen molar-refractivity contribution in [3.63, 3.8) is 0 Å². The second-order valence-electron chi connectivity index (χ2n) is 11.4. The number of piperazine rings is 1. The monoisotopic (exact) mass is 558 g/mol. The lowest BCUT2D eigenvalue weighted by atomic mass is 9.85. The third-order valence-electron chi connectivity index (χ3n) is 8.43. The number of alkyl halides is 3. The van der Waals surface area contributed by atoms with Crippen molar-refractivity contribution in [3.8, 4) is 0 Å². The average molecular weight is 559 g/mol. The summed E-state index contributed by atoms with van der Waals surface area (Å²) in [5, 5.41) is 5.85. The first-order valence-electron chi connectivity index (χ1n) is 13.8. The largest absolute Gasteiger partial charge is 0.416 e. The van der Waals surface area contributed by atoms with Crippen LogP contribution in [0.2, 0.25) is 0 Å². The zero-order valence-electron chi connectivity index (χ0n) is 22.9. The number of carbonyl (C=O) groups excluding carboxylic acids is 2. The van der Waals surface area contributed by atoms with Gasteiger partial charge in [0.15, 0.2) is 0 Å². The fourth-order valence-electron chi connectivity index (χ4n) is 6.06. The molecule has 0 spiro atoms. The third kappa shape index (κ3) is 6.17. The molecule has 0 bridgehead atoms. The number of hydrogen-bond donors (Lipinski definition) is 3. The number of amides is 2. The summed E-state index contributed by atoms with van der Waals surface area (Å²) in [4.78, 5) is 31.7. The third-order valence-corrected chi connectivity index (χ3v) is 8.43. The van der Waals surface area contributed by atoms with E-state index in [-0.39, 0.29) is 41.6 Å². The maximum atomic E-state index is 14.0. The van der Waals surface area contributed by atoms with Crippen LogP contribution in [0.1, 0.15) is 45.5 Å². The van der Waals surface area contributed by atoms with Crippen LogP contribution in [0.15, 0.2) is 36.4 Å². The quantitative estimate of drug-likeness (QED) is 0.484. The highest BCUT2D eigenvalue weighted by molar-refractivity contribution is 6.04. The van der Waals surface area contributed by atoms with E-state index in [1.54, 1.807) is 12.1 Å². The van der Waals surface area contributed by atoms with Gasteiger partial charge in [0.25, 0.3) is 5.91 Å². The van der Waals surface area contributed by atoms with E-state index in [4.69, 9.17) is 5.73 Å². The van der Waals surface area contributed by atoms with E-state index in [1.807, 2.05) is 18.0 Å². The Balaban J connectivity index is 1.32. The standard InChI is InChI=1S/C29H37F3N6O2/c1-18-15-38(26(27(33)39)22-13-34-14-22)17-21-11-19(4-6-24(18)21)28(40)35-23-5-3-20(25(12-23)29(30,31)32)16-37-9-7-36(2)8-10-37/h3-6,11-12,18,22,26,34H,7-10,13-17H2,1-2H3,(H2,33,39)(H,35,40)/t18-,26?/m0/s1. The molecule has 2 saturated heterocycles. The summed E-state index contributed by atoms with van der Waals surface area (Å²) >= 11 is 0. The van der Waals surface area contributed by atoms with Crippen LogP contribution in [-0.4, -0.2) is 85.4 Å². The van der Waals surface area contributed by atoms with Crippen molar-refractivity contribution < 1.29 is 22.8 Å². The van der Waals surface area contributed by atoms with Crippen LogP contribution in [-0.2, 0) is 24.1 Å². The first-order valence-corrected chi connectivity index (χ1v) is 13.8. The second kappa shape index (κ2) is 11.5. The number of primary amides is 1. The Morgan fingerprint density at radius 3 is 2.45 bits per heavy atom. The van der Waals surface area contributed by atoms with E-state index >= 15 is 0 Å². The number of nitrogens with zero attached hydrogens (tertiary/aromatic N) is 3. The lowest BCUT2D eigenvalue weighted by molar-refractivity contribution is -0.138. The van der Waals surface area contributed by atoms with Crippen molar-refractivity contribution in [2.75, 3.05) is 58.2 Å². The van der Waals surface area contributed by atoms with E-state index in [9.17, 15) is 22.8 Å². The van der Waals surface area contributed by atoms with Crippen molar-refractivity contribution in [1.29, 1.82) is 0 Å². The minimum atomic E-state index is -4.54. The molecular weight excluding hydrogens is 521 g/mol. The van der Waals surface area contributed by atoms with Gasteiger partial charge in [0.2, 0.25) is 5.91 Å². The highest BCUT2D eigenvalue weighted by Gasteiger charge is 2.39. The molecule has 2 amide bonds. The summed E-state index contributed by atoms with van der Waals surface area (Å²) in [6, 6.07) is 9.00. The van der Waals surface area contributed by atoms with Crippen molar-refractivity contribution in [3.05, 3.63) is 64.2 Å². The Labute approximate surface area is 232 Å². The van der Waals surface area contributed by atoms with Crippen LogP contribution in [0.5, 0.6) is 0 Å². The molecule has 3 heterocycles. The molecule has 0 saturated carbocycles. The number of likely N-dealkylation sites (N-methyl/N-ethyl adjacent to an activating group) is 1. The summed E-state index contributed by atoms with van der Waals surface area (Å²) in [5.41, 5.74) is 7.68. The molecule has 2 aromatic rings. The van der Waals surface area contributed by atoms with E-state index in [0.717, 1.165) is 43.4 Å². The van der Waals surface area contributed by atoms with Crippen LogP contribution < -0.4 is 16.4 Å².